The maximum Gasteiger partial charge on any atom is 0.251 e. The van der Waals surface area contributed by atoms with Gasteiger partial charge in [0.25, 0.3) is 5.91 Å². The number of hydrogen-bond donors (Lipinski definition) is 2. The smallest absolute Gasteiger partial charge is 0.251 e. The van der Waals surface area contributed by atoms with Crippen LogP contribution in [0.5, 0.6) is 0 Å². The Bertz CT molecular complexity index is 902. The average molecular weight is 427 g/mol. The summed E-state index contributed by atoms with van der Waals surface area (Å²) in [6.07, 6.45) is 12.0. The van der Waals surface area contributed by atoms with Crippen LogP contribution < -0.4 is 11.1 Å². The summed E-state index contributed by atoms with van der Waals surface area (Å²) in [4.78, 5) is 25.8. The molecule has 1 amide bonds. The van der Waals surface area contributed by atoms with E-state index in [1.807, 2.05) is 0 Å². The molecule has 0 aliphatic heterocycles. The highest BCUT2D eigenvalue weighted by Gasteiger charge is 2.24. The van der Waals surface area contributed by atoms with Crippen LogP contribution in [0.15, 0.2) is 42.0 Å². The standard InChI is InChI=1S/C22H30N6O3/c1-24-14-17(13-23)20-11-16(12-21(27-20)28-8-7-25-15-28)22(29)26-18-3-5-19(6-4-18)31-10-9-30-2/h7-8,11-15,18-19H,3-6,9-10,23H2,1-2H3,(H,26,29)/b17-13+,24-14?. The second-order valence-electron chi connectivity index (χ2n) is 7.39. The third-order valence-corrected chi connectivity index (χ3v) is 5.24. The number of aliphatic imine (C=N–C) groups is 1. The summed E-state index contributed by atoms with van der Waals surface area (Å²) in [7, 11) is 3.33. The van der Waals surface area contributed by atoms with Crippen molar-refractivity contribution in [3.05, 3.63) is 48.3 Å². The fourth-order valence-electron chi connectivity index (χ4n) is 3.60. The molecule has 0 radical (unpaired) electrons. The molecular weight excluding hydrogens is 396 g/mol. The number of rotatable bonds is 9. The van der Waals surface area contributed by atoms with Gasteiger partial charge in [0.05, 0.1) is 25.0 Å². The first kappa shape index (κ1) is 22.6. The van der Waals surface area contributed by atoms with E-state index in [1.54, 1.807) is 55.8 Å². The Hall–Kier alpha value is -3.04. The highest BCUT2D eigenvalue weighted by molar-refractivity contribution is 6.09. The van der Waals surface area contributed by atoms with Crippen LogP contribution in [-0.4, -0.2) is 66.2 Å². The summed E-state index contributed by atoms with van der Waals surface area (Å²) >= 11 is 0. The molecule has 9 nitrogen and oxygen atoms in total. The van der Waals surface area contributed by atoms with Gasteiger partial charge >= 0.3 is 0 Å². The summed E-state index contributed by atoms with van der Waals surface area (Å²) < 4.78 is 12.6. The predicted octanol–water partition coefficient (Wildman–Crippen LogP) is 1.97. The van der Waals surface area contributed by atoms with E-state index in [9.17, 15) is 4.79 Å². The lowest BCUT2D eigenvalue weighted by Crippen LogP contribution is -2.39. The minimum atomic E-state index is -0.140. The van der Waals surface area contributed by atoms with Crippen molar-refractivity contribution in [2.45, 2.75) is 37.8 Å². The first-order valence-corrected chi connectivity index (χ1v) is 10.4. The SMILES string of the molecule is CN=C/C(=C\N)c1cc(C(=O)NC2CCC(OCCOC)CC2)cc(-n2ccnc2)n1. The number of carbonyl (C=O) groups is 1. The van der Waals surface area contributed by atoms with Crippen molar-refractivity contribution >= 4 is 17.7 Å². The molecule has 0 unspecified atom stereocenters. The van der Waals surface area contributed by atoms with Crippen molar-refractivity contribution < 1.29 is 14.3 Å². The summed E-state index contributed by atoms with van der Waals surface area (Å²) in [5.74, 6) is 0.442. The second-order valence-corrected chi connectivity index (χ2v) is 7.39. The van der Waals surface area contributed by atoms with Gasteiger partial charge < -0.3 is 20.5 Å². The molecule has 166 valence electrons. The van der Waals surface area contributed by atoms with Gasteiger partial charge in [-0.3, -0.25) is 14.4 Å². The molecule has 2 aromatic heterocycles. The van der Waals surface area contributed by atoms with Gasteiger partial charge in [-0.05, 0) is 37.8 Å². The largest absolute Gasteiger partial charge is 0.404 e. The van der Waals surface area contributed by atoms with Gasteiger partial charge in [0.15, 0.2) is 0 Å². The van der Waals surface area contributed by atoms with E-state index in [4.69, 9.17) is 15.2 Å². The van der Waals surface area contributed by atoms with Crippen LogP contribution in [0.3, 0.4) is 0 Å². The molecule has 0 saturated heterocycles. The molecule has 1 aliphatic carbocycles. The third kappa shape index (κ3) is 6.22. The molecule has 3 N–H and O–H groups in total. The number of aromatic nitrogens is 3. The van der Waals surface area contributed by atoms with Crippen LogP contribution >= 0.6 is 0 Å². The number of methoxy groups -OCH3 is 1. The lowest BCUT2D eigenvalue weighted by atomic mass is 9.92. The quantitative estimate of drug-likeness (QED) is 0.468. The van der Waals surface area contributed by atoms with E-state index in [0.717, 1.165) is 25.7 Å². The molecule has 9 heteroatoms. The third-order valence-electron chi connectivity index (χ3n) is 5.24. The highest BCUT2D eigenvalue weighted by atomic mass is 16.5. The number of hydrogen-bond acceptors (Lipinski definition) is 7. The summed E-state index contributed by atoms with van der Waals surface area (Å²) in [5.41, 5.74) is 7.47. The Balaban J connectivity index is 1.72. The zero-order valence-electron chi connectivity index (χ0n) is 18.0. The Kier molecular flexibility index (Phi) is 8.31. The first-order valence-electron chi connectivity index (χ1n) is 10.4. The van der Waals surface area contributed by atoms with Gasteiger partial charge in [0.2, 0.25) is 0 Å². The van der Waals surface area contributed by atoms with Gasteiger partial charge in [-0.2, -0.15) is 0 Å². The Labute approximate surface area is 182 Å². The van der Waals surface area contributed by atoms with Crippen molar-refractivity contribution in [2.75, 3.05) is 27.4 Å². The van der Waals surface area contributed by atoms with Gasteiger partial charge in [0, 0.05) is 56.1 Å². The van der Waals surface area contributed by atoms with Crippen LogP contribution in [0, 0.1) is 0 Å². The van der Waals surface area contributed by atoms with E-state index >= 15 is 0 Å². The number of nitrogens with one attached hydrogen (secondary N) is 1. The summed E-state index contributed by atoms with van der Waals surface area (Å²) in [5, 5.41) is 3.16. The van der Waals surface area contributed by atoms with Crippen molar-refractivity contribution in [3.63, 3.8) is 0 Å². The predicted molar refractivity (Wildman–Crippen MR) is 119 cm³/mol. The van der Waals surface area contributed by atoms with E-state index in [2.05, 4.69) is 20.3 Å². The molecule has 3 rings (SSSR count). The molecule has 2 aromatic rings. The highest BCUT2D eigenvalue weighted by Crippen LogP contribution is 2.22. The van der Waals surface area contributed by atoms with Crippen molar-refractivity contribution in [1.29, 1.82) is 0 Å². The second kappa shape index (κ2) is 11.4. The number of imidazole rings is 1. The Morgan fingerprint density at radius 3 is 2.77 bits per heavy atom. The molecule has 1 saturated carbocycles. The fraction of sp³-hybridized carbons (Fsp3) is 0.455. The van der Waals surface area contributed by atoms with E-state index < -0.39 is 0 Å². The molecule has 2 heterocycles. The number of nitrogens with zero attached hydrogens (tertiary/aromatic N) is 4. The number of nitrogens with two attached hydrogens (primary N) is 1. The maximum atomic E-state index is 13.1. The number of pyridine rings is 1. The van der Waals surface area contributed by atoms with E-state index in [1.165, 1.54) is 6.20 Å². The van der Waals surface area contributed by atoms with Crippen LogP contribution in [0.25, 0.3) is 11.4 Å². The molecule has 0 atom stereocenters. The number of allylic oxidation sites excluding steroid dienone is 1. The Morgan fingerprint density at radius 2 is 2.13 bits per heavy atom. The molecule has 1 aliphatic rings. The average Bonchev–Trinajstić information content (AvgIpc) is 3.33. The number of carbonyl (C=O) groups excluding carboxylic acids is 1. The van der Waals surface area contributed by atoms with Crippen LogP contribution in [0.2, 0.25) is 0 Å². The van der Waals surface area contributed by atoms with Gasteiger partial charge in [-0.25, -0.2) is 9.97 Å². The van der Waals surface area contributed by atoms with Crippen molar-refractivity contribution in [1.82, 2.24) is 19.9 Å². The minimum Gasteiger partial charge on any atom is -0.404 e. The molecule has 31 heavy (non-hydrogen) atoms. The zero-order chi connectivity index (χ0) is 22.1. The molecule has 0 bridgehead atoms. The van der Waals surface area contributed by atoms with Crippen molar-refractivity contribution in [2.24, 2.45) is 10.7 Å². The minimum absolute atomic E-state index is 0.116. The van der Waals surface area contributed by atoms with E-state index in [0.29, 0.717) is 35.9 Å². The molecule has 1 fully saturated rings. The van der Waals surface area contributed by atoms with Gasteiger partial charge in [0.1, 0.15) is 12.1 Å². The van der Waals surface area contributed by atoms with Crippen molar-refractivity contribution in [3.8, 4) is 5.82 Å². The number of ether oxygens (including phenoxy) is 2. The van der Waals surface area contributed by atoms with E-state index in [-0.39, 0.29) is 18.1 Å². The molecule has 0 aromatic carbocycles. The molecular formula is C22H30N6O3. The normalized spacial score (nSPS) is 19.6. The monoisotopic (exact) mass is 426 g/mol. The fourth-order valence-corrected chi connectivity index (χ4v) is 3.60. The summed E-state index contributed by atoms with van der Waals surface area (Å²) in [6.45, 7) is 1.20. The van der Waals surface area contributed by atoms with Crippen LogP contribution in [0.1, 0.15) is 41.7 Å². The van der Waals surface area contributed by atoms with Crippen LogP contribution in [-0.2, 0) is 9.47 Å². The van der Waals surface area contributed by atoms with Gasteiger partial charge in [-0.15, -0.1) is 0 Å². The molecule has 0 spiro atoms. The lowest BCUT2D eigenvalue weighted by Gasteiger charge is -2.29. The topological polar surface area (TPSA) is 117 Å². The van der Waals surface area contributed by atoms with Crippen LogP contribution in [0.4, 0.5) is 0 Å². The summed E-state index contributed by atoms with van der Waals surface area (Å²) in [6, 6.07) is 3.59. The van der Waals surface area contributed by atoms with Gasteiger partial charge in [-0.1, -0.05) is 0 Å². The Morgan fingerprint density at radius 1 is 1.32 bits per heavy atom. The maximum absolute atomic E-state index is 13.1. The zero-order valence-corrected chi connectivity index (χ0v) is 18.0. The number of amides is 1. The first-order chi connectivity index (χ1) is 15.1. The lowest BCUT2D eigenvalue weighted by molar-refractivity contribution is -0.00408.